The van der Waals surface area contributed by atoms with Crippen LogP contribution in [0.5, 0.6) is 0 Å². The summed E-state index contributed by atoms with van der Waals surface area (Å²) < 4.78 is 0. The number of hydrogen-bond acceptors (Lipinski definition) is 2. The van der Waals surface area contributed by atoms with Gasteiger partial charge in [0.1, 0.15) is 0 Å². The van der Waals surface area contributed by atoms with Gasteiger partial charge in [-0.15, -0.1) is 0 Å². The van der Waals surface area contributed by atoms with Gasteiger partial charge in [0.15, 0.2) is 0 Å². The molecule has 0 rings (SSSR count). The van der Waals surface area contributed by atoms with Gasteiger partial charge in [-0.3, -0.25) is 0 Å². The van der Waals surface area contributed by atoms with E-state index in [0.717, 1.165) is 0 Å². The molecule has 2 N–H and O–H groups in total. The maximum atomic E-state index is 9.22. The van der Waals surface area contributed by atoms with Crippen LogP contribution in [0.2, 0.25) is 0 Å². The SMILES string of the molecule is CC=CC(O)C(O)C(C)C. The molecular formula is C8H16O2. The van der Waals surface area contributed by atoms with E-state index in [4.69, 9.17) is 5.11 Å². The van der Waals surface area contributed by atoms with Crippen LogP contribution in [0.3, 0.4) is 0 Å². The molecule has 0 fully saturated rings. The Kier molecular flexibility index (Phi) is 4.32. The summed E-state index contributed by atoms with van der Waals surface area (Å²) >= 11 is 0. The molecule has 0 saturated heterocycles. The molecule has 10 heavy (non-hydrogen) atoms. The maximum absolute atomic E-state index is 9.22. The molecule has 0 heterocycles. The smallest absolute Gasteiger partial charge is 0.0982 e. The van der Waals surface area contributed by atoms with Crippen LogP contribution >= 0.6 is 0 Å². The third kappa shape index (κ3) is 2.99. The van der Waals surface area contributed by atoms with Crippen LogP contribution in [-0.4, -0.2) is 22.4 Å². The highest BCUT2D eigenvalue weighted by Gasteiger charge is 2.15. The van der Waals surface area contributed by atoms with Gasteiger partial charge >= 0.3 is 0 Å². The van der Waals surface area contributed by atoms with Gasteiger partial charge in [0.2, 0.25) is 0 Å². The number of aliphatic hydroxyl groups is 2. The van der Waals surface area contributed by atoms with Gasteiger partial charge in [-0.25, -0.2) is 0 Å². The van der Waals surface area contributed by atoms with Gasteiger partial charge in [-0.2, -0.15) is 0 Å². The summed E-state index contributed by atoms with van der Waals surface area (Å²) in [4.78, 5) is 0. The average Bonchev–Trinajstić information content (AvgIpc) is 1.87. The monoisotopic (exact) mass is 144 g/mol. The highest BCUT2D eigenvalue weighted by Crippen LogP contribution is 2.06. The first-order chi connectivity index (χ1) is 4.59. The lowest BCUT2D eigenvalue weighted by Crippen LogP contribution is -2.28. The molecule has 0 radical (unpaired) electrons. The fourth-order valence-electron chi connectivity index (χ4n) is 0.705. The second kappa shape index (κ2) is 4.47. The van der Waals surface area contributed by atoms with Crippen molar-refractivity contribution >= 4 is 0 Å². The van der Waals surface area contributed by atoms with Crippen molar-refractivity contribution in [3.05, 3.63) is 12.2 Å². The molecule has 0 aromatic heterocycles. The summed E-state index contributed by atoms with van der Waals surface area (Å²) in [5.74, 6) is 0.103. The molecular weight excluding hydrogens is 128 g/mol. The van der Waals surface area contributed by atoms with Crippen molar-refractivity contribution in [1.82, 2.24) is 0 Å². The molecule has 0 aromatic rings. The zero-order chi connectivity index (χ0) is 8.15. The standard InChI is InChI=1S/C8H16O2/c1-4-5-7(9)8(10)6(2)3/h4-10H,1-3H3. The molecule has 0 saturated carbocycles. The molecule has 0 aromatic carbocycles. The molecule has 2 atom stereocenters. The lowest BCUT2D eigenvalue weighted by atomic mass is 10.0. The molecule has 0 amide bonds. The molecule has 2 heteroatoms. The van der Waals surface area contributed by atoms with Crippen molar-refractivity contribution in [1.29, 1.82) is 0 Å². The predicted octanol–water partition coefficient (Wildman–Crippen LogP) is 0.940. The minimum atomic E-state index is -0.718. The molecule has 0 aliphatic carbocycles. The predicted molar refractivity (Wildman–Crippen MR) is 41.7 cm³/mol. The van der Waals surface area contributed by atoms with Crippen LogP contribution in [0.25, 0.3) is 0 Å². The molecule has 0 spiro atoms. The molecule has 2 unspecified atom stereocenters. The van der Waals surface area contributed by atoms with E-state index in [1.165, 1.54) is 0 Å². The van der Waals surface area contributed by atoms with E-state index in [0.29, 0.717) is 0 Å². The molecule has 0 aliphatic rings. The van der Waals surface area contributed by atoms with Crippen LogP contribution in [0, 0.1) is 5.92 Å². The summed E-state index contributed by atoms with van der Waals surface area (Å²) in [6, 6.07) is 0. The van der Waals surface area contributed by atoms with E-state index in [1.54, 1.807) is 12.2 Å². The largest absolute Gasteiger partial charge is 0.390 e. The van der Waals surface area contributed by atoms with Crippen molar-refractivity contribution in [3.8, 4) is 0 Å². The minimum Gasteiger partial charge on any atom is -0.390 e. The number of allylic oxidation sites excluding steroid dienone is 1. The quantitative estimate of drug-likeness (QED) is 0.579. The second-order valence-electron chi connectivity index (χ2n) is 2.75. The van der Waals surface area contributed by atoms with E-state index in [9.17, 15) is 5.11 Å². The van der Waals surface area contributed by atoms with Crippen molar-refractivity contribution in [2.45, 2.75) is 33.0 Å². The normalized spacial score (nSPS) is 18.2. The summed E-state index contributed by atoms with van der Waals surface area (Å²) in [5, 5.41) is 18.4. The maximum Gasteiger partial charge on any atom is 0.0982 e. The minimum absolute atomic E-state index is 0.103. The molecule has 0 bridgehead atoms. The van der Waals surface area contributed by atoms with E-state index in [-0.39, 0.29) is 5.92 Å². The van der Waals surface area contributed by atoms with E-state index in [1.807, 2.05) is 20.8 Å². The van der Waals surface area contributed by atoms with Crippen molar-refractivity contribution < 1.29 is 10.2 Å². The highest BCUT2D eigenvalue weighted by molar-refractivity contribution is 4.90. The van der Waals surface area contributed by atoms with Crippen LogP contribution in [-0.2, 0) is 0 Å². The fourth-order valence-corrected chi connectivity index (χ4v) is 0.705. The van der Waals surface area contributed by atoms with E-state index < -0.39 is 12.2 Å². The number of aliphatic hydroxyl groups excluding tert-OH is 2. The van der Waals surface area contributed by atoms with Gasteiger partial charge < -0.3 is 10.2 Å². The van der Waals surface area contributed by atoms with E-state index in [2.05, 4.69) is 0 Å². The van der Waals surface area contributed by atoms with Crippen molar-refractivity contribution in [2.24, 2.45) is 5.92 Å². The Bertz CT molecular complexity index is 108. The Morgan fingerprint density at radius 1 is 1.20 bits per heavy atom. The van der Waals surface area contributed by atoms with Crippen LogP contribution in [0.15, 0.2) is 12.2 Å². The third-order valence-electron chi connectivity index (χ3n) is 1.42. The lowest BCUT2D eigenvalue weighted by molar-refractivity contribution is 0.0182. The summed E-state index contributed by atoms with van der Waals surface area (Å²) in [6.45, 7) is 5.56. The summed E-state index contributed by atoms with van der Waals surface area (Å²) in [6.07, 6.45) is 1.96. The Morgan fingerprint density at radius 2 is 1.70 bits per heavy atom. The summed E-state index contributed by atoms with van der Waals surface area (Å²) in [7, 11) is 0. The first-order valence-corrected chi connectivity index (χ1v) is 3.58. The zero-order valence-electron chi connectivity index (χ0n) is 6.78. The molecule has 0 aliphatic heterocycles. The van der Waals surface area contributed by atoms with Gasteiger partial charge in [-0.1, -0.05) is 26.0 Å². The Morgan fingerprint density at radius 3 is 2.00 bits per heavy atom. The van der Waals surface area contributed by atoms with E-state index >= 15 is 0 Å². The number of rotatable bonds is 3. The van der Waals surface area contributed by atoms with Crippen molar-refractivity contribution in [3.63, 3.8) is 0 Å². The lowest BCUT2D eigenvalue weighted by Gasteiger charge is -2.17. The van der Waals surface area contributed by atoms with Gasteiger partial charge in [0.05, 0.1) is 12.2 Å². The third-order valence-corrected chi connectivity index (χ3v) is 1.42. The first-order valence-electron chi connectivity index (χ1n) is 3.58. The zero-order valence-corrected chi connectivity index (χ0v) is 6.78. The topological polar surface area (TPSA) is 40.5 Å². The Labute approximate surface area is 62.2 Å². The average molecular weight is 144 g/mol. The molecule has 2 nitrogen and oxygen atoms in total. The second-order valence-corrected chi connectivity index (χ2v) is 2.75. The molecule has 60 valence electrons. The van der Waals surface area contributed by atoms with Crippen LogP contribution < -0.4 is 0 Å². The van der Waals surface area contributed by atoms with Crippen LogP contribution in [0.4, 0.5) is 0 Å². The first kappa shape index (κ1) is 9.66. The van der Waals surface area contributed by atoms with Crippen molar-refractivity contribution in [2.75, 3.05) is 0 Å². The Hall–Kier alpha value is -0.340. The fraction of sp³-hybridized carbons (Fsp3) is 0.750. The summed E-state index contributed by atoms with van der Waals surface area (Å²) in [5.41, 5.74) is 0. The van der Waals surface area contributed by atoms with Crippen LogP contribution in [0.1, 0.15) is 20.8 Å². The highest BCUT2D eigenvalue weighted by atomic mass is 16.3. The van der Waals surface area contributed by atoms with Gasteiger partial charge in [0.25, 0.3) is 0 Å². The Balaban J connectivity index is 3.81. The van der Waals surface area contributed by atoms with Gasteiger partial charge in [0, 0.05) is 0 Å². The van der Waals surface area contributed by atoms with Gasteiger partial charge in [-0.05, 0) is 12.8 Å². The number of hydrogen-bond donors (Lipinski definition) is 2.